The first-order valence-electron chi connectivity index (χ1n) is 6.32. The van der Waals surface area contributed by atoms with E-state index in [1.54, 1.807) is 0 Å². The highest BCUT2D eigenvalue weighted by Crippen LogP contribution is 2.13. The lowest BCUT2D eigenvalue weighted by Crippen LogP contribution is -2.35. The minimum absolute atomic E-state index is 0.501. The van der Waals surface area contributed by atoms with Crippen molar-refractivity contribution in [2.24, 2.45) is 0 Å². The molecule has 18 heavy (non-hydrogen) atoms. The van der Waals surface area contributed by atoms with E-state index in [4.69, 9.17) is 0 Å². The predicted molar refractivity (Wildman–Crippen MR) is 72.9 cm³/mol. The maximum Gasteiger partial charge on any atom is 0.0706 e. The van der Waals surface area contributed by atoms with E-state index in [1.807, 2.05) is 29.0 Å². The van der Waals surface area contributed by atoms with Gasteiger partial charge in [0.15, 0.2) is 0 Å². The minimum Gasteiger partial charge on any atom is -0.310 e. The van der Waals surface area contributed by atoms with E-state index in [-0.39, 0.29) is 0 Å². The average Bonchev–Trinajstić information content (AvgIpc) is 2.82. The molecule has 96 valence electrons. The van der Waals surface area contributed by atoms with Gasteiger partial charge in [0.05, 0.1) is 11.7 Å². The molecule has 0 spiro atoms. The van der Waals surface area contributed by atoms with Crippen molar-refractivity contribution in [2.75, 3.05) is 11.5 Å². The van der Waals surface area contributed by atoms with Crippen molar-refractivity contribution in [3.8, 4) is 0 Å². The monoisotopic (exact) mass is 263 g/mol. The summed E-state index contributed by atoms with van der Waals surface area (Å²) in [6.07, 6.45) is 5.92. The van der Waals surface area contributed by atoms with Gasteiger partial charge >= 0.3 is 0 Å². The van der Waals surface area contributed by atoms with Crippen LogP contribution in [0.3, 0.4) is 0 Å². The first kappa shape index (κ1) is 11.9. The lowest BCUT2D eigenvalue weighted by atomic mass is 10.1. The summed E-state index contributed by atoms with van der Waals surface area (Å²) in [7, 11) is -0.580. The molecule has 1 N–H and O–H groups in total. The number of nitrogens with zero attached hydrogens (tertiary/aromatic N) is 2. The van der Waals surface area contributed by atoms with Gasteiger partial charge in [-0.1, -0.05) is 6.07 Å². The van der Waals surface area contributed by atoms with Crippen molar-refractivity contribution in [2.45, 2.75) is 25.4 Å². The fourth-order valence-corrected chi connectivity index (χ4v) is 3.67. The second kappa shape index (κ2) is 5.20. The van der Waals surface area contributed by atoms with Crippen LogP contribution < -0.4 is 5.32 Å². The van der Waals surface area contributed by atoms with E-state index in [1.165, 1.54) is 5.56 Å². The zero-order chi connectivity index (χ0) is 12.4. The number of fused-ring (bicyclic) bond motifs is 1. The molecule has 5 heteroatoms. The van der Waals surface area contributed by atoms with Gasteiger partial charge < -0.3 is 5.32 Å². The van der Waals surface area contributed by atoms with Gasteiger partial charge in [0.2, 0.25) is 0 Å². The maximum absolute atomic E-state index is 11.3. The number of hydrogen-bond acceptors (Lipinski definition) is 3. The molecule has 3 heterocycles. The largest absolute Gasteiger partial charge is 0.310 e. The van der Waals surface area contributed by atoms with Gasteiger partial charge in [-0.3, -0.25) is 4.21 Å². The Kier molecular flexibility index (Phi) is 3.43. The molecule has 0 aliphatic carbocycles. The van der Waals surface area contributed by atoms with Crippen LogP contribution in [0.5, 0.6) is 0 Å². The van der Waals surface area contributed by atoms with Crippen LogP contribution in [0.2, 0.25) is 0 Å². The zero-order valence-electron chi connectivity index (χ0n) is 10.2. The number of rotatable bonds is 3. The number of nitrogens with one attached hydrogen (secondary N) is 1. The summed E-state index contributed by atoms with van der Waals surface area (Å²) in [5, 5.41) is 7.87. The Morgan fingerprint density at radius 1 is 1.39 bits per heavy atom. The topological polar surface area (TPSA) is 46.4 Å². The molecule has 0 atom stereocenters. The van der Waals surface area contributed by atoms with Crippen LogP contribution in [0.25, 0.3) is 5.52 Å². The molecule has 0 unspecified atom stereocenters. The van der Waals surface area contributed by atoms with E-state index < -0.39 is 10.8 Å². The molecule has 0 amide bonds. The van der Waals surface area contributed by atoms with E-state index in [2.05, 4.69) is 16.5 Å². The van der Waals surface area contributed by atoms with E-state index in [9.17, 15) is 4.21 Å². The Morgan fingerprint density at radius 2 is 2.22 bits per heavy atom. The average molecular weight is 263 g/mol. The smallest absolute Gasteiger partial charge is 0.0706 e. The van der Waals surface area contributed by atoms with Crippen molar-refractivity contribution >= 4 is 16.3 Å². The normalized spacial score (nSPS) is 24.4. The standard InChI is InChI=1S/C13H17N3OS/c17-18-7-4-12(5-8-18)14-9-11-10-15-16-6-2-1-3-13(11)16/h1-3,6,10,12,14H,4-5,7-9H2. The third-order valence-corrected chi connectivity index (χ3v) is 4.86. The van der Waals surface area contributed by atoms with Crippen LogP contribution in [0.4, 0.5) is 0 Å². The van der Waals surface area contributed by atoms with Gasteiger partial charge in [-0.05, 0) is 25.0 Å². The fourth-order valence-electron chi connectivity index (χ4n) is 2.38. The van der Waals surface area contributed by atoms with Crippen molar-refractivity contribution in [1.82, 2.24) is 14.9 Å². The summed E-state index contributed by atoms with van der Waals surface area (Å²) >= 11 is 0. The summed E-state index contributed by atoms with van der Waals surface area (Å²) < 4.78 is 13.2. The molecule has 1 aliphatic rings. The first-order chi connectivity index (χ1) is 8.83. The van der Waals surface area contributed by atoms with Crippen LogP contribution in [0.15, 0.2) is 30.6 Å². The molecule has 0 radical (unpaired) electrons. The lowest BCUT2D eigenvalue weighted by Gasteiger charge is -2.22. The molecule has 0 saturated carbocycles. The second-order valence-electron chi connectivity index (χ2n) is 4.70. The van der Waals surface area contributed by atoms with Gasteiger partial charge in [0.1, 0.15) is 0 Å². The Balaban J connectivity index is 1.64. The molecule has 0 bridgehead atoms. The van der Waals surface area contributed by atoms with Crippen LogP contribution >= 0.6 is 0 Å². The number of hydrogen-bond donors (Lipinski definition) is 1. The minimum atomic E-state index is -0.580. The predicted octanol–water partition coefficient (Wildman–Crippen LogP) is 1.33. The molecule has 1 saturated heterocycles. The van der Waals surface area contributed by atoms with Gasteiger partial charge in [0, 0.05) is 46.7 Å². The lowest BCUT2D eigenvalue weighted by molar-refractivity contribution is 0.476. The number of aromatic nitrogens is 2. The Bertz CT molecular complexity index is 556. The molecule has 2 aromatic rings. The molecule has 2 aromatic heterocycles. The van der Waals surface area contributed by atoms with E-state index in [0.29, 0.717) is 6.04 Å². The maximum atomic E-state index is 11.3. The fraction of sp³-hybridized carbons (Fsp3) is 0.462. The molecule has 0 aromatic carbocycles. The van der Waals surface area contributed by atoms with E-state index >= 15 is 0 Å². The third kappa shape index (κ3) is 2.47. The summed E-state index contributed by atoms with van der Waals surface area (Å²) in [5.41, 5.74) is 2.38. The van der Waals surface area contributed by atoms with Crippen molar-refractivity contribution in [1.29, 1.82) is 0 Å². The molecular weight excluding hydrogens is 246 g/mol. The summed E-state index contributed by atoms with van der Waals surface area (Å²) in [5.74, 6) is 1.68. The van der Waals surface area contributed by atoms with Crippen LogP contribution in [0, 0.1) is 0 Å². The highest BCUT2D eigenvalue weighted by molar-refractivity contribution is 7.85. The van der Waals surface area contributed by atoms with Crippen LogP contribution in [-0.4, -0.2) is 31.4 Å². The quantitative estimate of drug-likeness (QED) is 0.909. The zero-order valence-corrected chi connectivity index (χ0v) is 11.0. The molecule has 4 nitrogen and oxygen atoms in total. The van der Waals surface area contributed by atoms with Gasteiger partial charge in [-0.15, -0.1) is 0 Å². The van der Waals surface area contributed by atoms with Gasteiger partial charge in [0.25, 0.3) is 0 Å². The summed E-state index contributed by atoms with van der Waals surface area (Å²) in [6, 6.07) is 6.60. The Hall–Kier alpha value is -1.20. The van der Waals surface area contributed by atoms with Crippen molar-refractivity contribution < 1.29 is 4.21 Å². The third-order valence-electron chi connectivity index (χ3n) is 3.48. The first-order valence-corrected chi connectivity index (χ1v) is 7.81. The van der Waals surface area contributed by atoms with Gasteiger partial charge in [-0.2, -0.15) is 5.10 Å². The van der Waals surface area contributed by atoms with Crippen LogP contribution in [0.1, 0.15) is 18.4 Å². The second-order valence-corrected chi connectivity index (χ2v) is 6.40. The molecular formula is C13H17N3OS. The Morgan fingerprint density at radius 3 is 3.06 bits per heavy atom. The van der Waals surface area contributed by atoms with Crippen molar-refractivity contribution in [3.05, 3.63) is 36.2 Å². The van der Waals surface area contributed by atoms with Gasteiger partial charge in [-0.25, -0.2) is 4.52 Å². The highest BCUT2D eigenvalue weighted by atomic mass is 32.2. The Labute approximate surface area is 109 Å². The molecule has 3 rings (SSSR count). The summed E-state index contributed by atoms with van der Waals surface area (Å²) in [6.45, 7) is 0.838. The van der Waals surface area contributed by atoms with Crippen molar-refractivity contribution in [3.63, 3.8) is 0 Å². The summed E-state index contributed by atoms with van der Waals surface area (Å²) in [4.78, 5) is 0. The SMILES string of the molecule is O=S1CCC(NCc2cnn3ccccc23)CC1. The molecule has 1 fully saturated rings. The van der Waals surface area contributed by atoms with E-state index in [0.717, 1.165) is 36.4 Å². The number of pyridine rings is 1. The highest BCUT2D eigenvalue weighted by Gasteiger charge is 2.17. The molecule has 1 aliphatic heterocycles. The van der Waals surface area contributed by atoms with Crippen LogP contribution in [-0.2, 0) is 17.3 Å².